The smallest absolute Gasteiger partial charge is 0.223 e. The molecule has 2 aromatic rings. The molecule has 0 atom stereocenters. The van der Waals surface area contributed by atoms with E-state index in [0.717, 1.165) is 17.8 Å². The number of hydrogen-bond donors (Lipinski definition) is 1. The quantitative estimate of drug-likeness (QED) is 0.875. The molecule has 2 rings (SSSR count). The van der Waals surface area contributed by atoms with E-state index in [1.807, 2.05) is 13.0 Å². The second-order valence-corrected chi connectivity index (χ2v) is 4.09. The number of rotatable bonds is 3. The van der Waals surface area contributed by atoms with Gasteiger partial charge in [0.1, 0.15) is 0 Å². The molecule has 0 amide bonds. The van der Waals surface area contributed by atoms with Crippen LogP contribution < -0.4 is 5.32 Å². The summed E-state index contributed by atoms with van der Waals surface area (Å²) in [7, 11) is 0. The number of benzene rings is 1. The van der Waals surface area contributed by atoms with Crippen LogP contribution in [0.1, 0.15) is 18.1 Å². The van der Waals surface area contributed by atoms with Crippen LogP contribution in [0.2, 0.25) is 0 Å². The number of nitrogens with one attached hydrogen (secondary N) is 1. The molecule has 0 aliphatic heterocycles. The van der Waals surface area contributed by atoms with Crippen LogP contribution in [0.3, 0.4) is 0 Å². The van der Waals surface area contributed by atoms with Crippen LogP contribution in [0, 0.1) is 13.8 Å². The Morgan fingerprint density at radius 2 is 1.94 bits per heavy atom. The van der Waals surface area contributed by atoms with E-state index in [2.05, 4.69) is 47.3 Å². The van der Waals surface area contributed by atoms with Crippen LogP contribution in [-0.4, -0.2) is 16.5 Å². The van der Waals surface area contributed by atoms with E-state index < -0.39 is 0 Å². The predicted octanol–water partition coefficient (Wildman–Crippen LogP) is 3.19. The minimum atomic E-state index is 0.684. The van der Waals surface area contributed by atoms with Gasteiger partial charge in [-0.25, -0.2) is 9.97 Å². The number of anilines is 1. The van der Waals surface area contributed by atoms with Crippen molar-refractivity contribution in [2.24, 2.45) is 0 Å². The molecule has 1 N–H and O–H groups in total. The Kier molecular flexibility index (Phi) is 3.38. The van der Waals surface area contributed by atoms with Gasteiger partial charge in [0.05, 0.1) is 5.69 Å². The lowest BCUT2D eigenvalue weighted by molar-refractivity contribution is 1.09. The molecule has 0 aliphatic rings. The molecule has 3 nitrogen and oxygen atoms in total. The molecule has 0 bridgehead atoms. The fourth-order valence-electron chi connectivity index (χ4n) is 1.66. The number of aryl methyl sites for hydroxylation is 2. The first-order chi connectivity index (χ1) is 8.20. The van der Waals surface area contributed by atoms with Crippen LogP contribution in [0.15, 0.2) is 30.5 Å². The Balaban J connectivity index is 2.38. The maximum Gasteiger partial charge on any atom is 0.223 e. The zero-order valence-corrected chi connectivity index (χ0v) is 10.5. The summed E-state index contributed by atoms with van der Waals surface area (Å²) >= 11 is 0. The molecule has 88 valence electrons. The Labute approximate surface area is 102 Å². The minimum absolute atomic E-state index is 0.684. The topological polar surface area (TPSA) is 37.8 Å². The zero-order chi connectivity index (χ0) is 12.3. The van der Waals surface area contributed by atoms with Crippen LogP contribution >= 0.6 is 0 Å². The molecule has 0 fully saturated rings. The summed E-state index contributed by atoms with van der Waals surface area (Å²) in [5, 5.41) is 3.12. The largest absolute Gasteiger partial charge is 0.354 e. The van der Waals surface area contributed by atoms with Gasteiger partial charge in [0.25, 0.3) is 0 Å². The second kappa shape index (κ2) is 4.95. The molecule has 17 heavy (non-hydrogen) atoms. The lowest BCUT2D eigenvalue weighted by Gasteiger charge is -2.06. The molecule has 0 spiro atoms. The van der Waals surface area contributed by atoms with Crippen molar-refractivity contribution in [3.05, 3.63) is 41.6 Å². The van der Waals surface area contributed by atoms with Crippen molar-refractivity contribution in [1.29, 1.82) is 0 Å². The van der Waals surface area contributed by atoms with E-state index in [9.17, 15) is 0 Å². The lowest BCUT2D eigenvalue weighted by atomic mass is 10.0. The first-order valence-corrected chi connectivity index (χ1v) is 5.85. The van der Waals surface area contributed by atoms with Crippen molar-refractivity contribution in [2.45, 2.75) is 20.8 Å². The SMILES string of the molecule is CCNc1nccc(-c2ccc(C)c(C)c2)n1. The summed E-state index contributed by atoms with van der Waals surface area (Å²) in [6.07, 6.45) is 1.79. The molecular formula is C14H17N3. The average molecular weight is 227 g/mol. The number of nitrogens with zero attached hydrogens (tertiary/aromatic N) is 2. The Bertz CT molecular complexity index is 521. The van der Waals surface area contributed by atoms with Gasteiger partial charge in [-0.2, -0.15) is 0 Å². The highest BCUT2D eigenvalue weighted by molar-refractivity contribution is 5.61. The van der Waals surface area contributed by atoms with Crippen LogP contribution in [0.4, 0.5) is 5.95 Å². The van der Waals surface area contributed by atoms with E-state index in [4.69, 9.17) is 0 Å². The van der Waals surface area contributed by atoms with Gasteiger partial charge in [0.15, 0.2) is 0 Å². The van der Waals surface area contributed by atoms with Crippen molar-refractivity contribution in [3.8, 4) is 11.3 Å². The van der Waals surface area contributed by atoms with E-state index in [0.29, 0.717) is 5.95 Å². The van der Waals surface area contributed by atoms with Crippen LogP contribution in [-0.2, 0) is 0 Å². The summed E-state index contributed by atoms with van der Waals surface area (Å²) in [5.41, 5.74) is 4.68. The van der Waals surface area contributed by atoms with Crippen LogP contribution in [0.5, 0.6) is 0 Å². The highest BCUT2D eigenvalue weighted by Crippen LogP contribution is 2.20. The summed E-state index contributed by atoms with van der Waals surface area (Å²) in [4.78, 5) is 8.65. The van der Waals surface area contributed by atoms with Crippen molar-refractivity contribution < 1.29 is 0 Å². The van der Waals surface area contributed by atoms with Gasteiger partial charge in [0, 0.05) is 18.3 Å². The maximum absolute atomic E-state index is 4.48. The van der Waals surface area contributed by atoms with Crippen molar-refractivity contribution in [2.75, 3.05) is 11.9 Å². The molecule has 3 heteroatoms. The van der Waals surface area contributed by atoms with Gasteiger partial charge in [-0.15, -0.1) is 0 Å². The van der Waals surface area contributed by atoms with E-state index in [1.165, 1.54) is 11.1 Å². The Hall–Kier alpha value is -1.90. The third-order valence-electron chi connectivity index (χ3n) is 2.79. The lowest BCUT2D eigenvalue weighted by Crippen LogP contribution is -2.02. The van der Waals surface area contributed by atoms with Gasteiger partial charge in [-0.05, 0) is 44.0 Å². The minimum Gasteiger partial charge on any atom is -0.354 e. The zero-order valence-electron chi connectivity index (χ0n) is 10.5. The standard InChI is InChI=1S/C14H17N3/c1-4-15-14-16-8-7-13(17-14)12-6-5-10(2)11(3)9-12/h5-9H,4H2,1-3H3,(H,15,16,17). The van der Waals surface area contributed by atoms with E-state index >= 15 is 0 Å². The maximum atomic E-state index is 4.48. The molecule has 1 heterocycles. The van der Waals surface area contributed by atoms with Gasteiger partial charge in [-0.3, -0.25) is 0 Å². The third-order valence-corrected chi connectivity index (χ3v) is 2.79. The normalized spacial score (nSPS) is 10.3. The average Bonchev–Trinajstić information content (AvgIpc) is 2.33. The highest BCUT2D eigenvalue weighted by Gasteiger charge is 2.02. The molecule has 0 saturated heterocycles. The predicted molar refractivity (Wildman–Crippen MR) is 71.1 cm³/mol. The first kappa shape index (κ1) is 11.6. The number of hydrogen-bond acceptors (Lipinski definition) is 3. The Morgan fingerprint density at radius 3 is 2.65 bits per heavy atom. The third kappa shape index (κ3) is 2.61. The highest BCUT2D eigenvalue weighted by atomic mass is 15.1. The first-order valence-electron chi connectivity index (χ1n) is 5.85. The molecular weight excluding hydrogens is 210 g/mol. The second-order valence-electron chi connectivity index (χ2n) is 4.09. The number of aromatic nitrogens is 2. The molecule has 1 aromatic carbocycles. The fraction of sp³-hybridized carbons (Fsp3) is 0.286. The van der Waals surface area contributed by atoms with Gasteiger partial charge >= 0.3 is 0 Å². The summed E-state index contributed by atoms with van der Waals surface area (Å²) in [6, 6.07) is 8.32. The van der Waals surface area contributed by atoms with Gasteiger partial charge in [-0.1, -0.05) is 12.1 Å². The molecule has 0 unspecified atom stereocenters. The molecule has 0 aliphatic carbocycles. The fourth-order valence-corrected chi connectivity index (χ4v) is 1.66. The van der Waals surface area contributed by atoms with Crippen LogP contribution in [0.25, 0.3) is 11.3 Å². The van der Waals surface area contributed by atoms with Crippen molar-refractivity contribution in [1.82, 2.24) is 9.97 Å². The summed E-state index contributed by atoms with van der Waals surface area (Å²) in [6.45, 7) is 7.09. The van der Waals surface area contributed by atoms with E-state index in [1.54, 1.807) is 6.20 Å². The van der Waals surface area contributed by atoms with Gasteiger partial charge in [0.2, 0.25) is 5.95 Å². The molecule has 0 saturated carbocycles. The Morgan fingerprint density at radius 1 is 1.12 bits per heavy atom. The summed E-state index contributed by atoms with van der Waals surface area (Å²) in [5.74, 6) is 0.684. The van der Waals surface area contributed by atoms with E-state index in [-0.39, 0.29) is 0 Å². The van der Waals surface area contributed by atoms with Crippen molar-refractivity contribution >= 4 is 5.95 Å². The van der Waals surface area contributed by atoms with Gasteiger partial charge < -0.3 is 5.32 Å². The van der Waals surface area contributed by atoms with Crippen molar-refractivity contribution in [3.63, 3.8) is 0 Å². The monoisotopic (exact) mass is 227 g/mol. The summed E-state index contributed by atoms with van der Waals surface area (Å²) < 4.78 is 0. The molecule has 1 aromatic heterocycles. The molecule has 0 radical (unpaired) electrons.